The number of aromatic nitrogens is 2. The number of hydrazine groups is 2. The maximum Gasteiger partial charge on any atom is 0.408 e. The highest BCUT2D eigenvalue weighted by Gasteiger charge is 2.40. The third-order valence-electron chi connectivity index (χ3n) is 20.0. The lowest BCUT2D eigenvalue weighted by Crippen LogP contribution is -2.61. The number of esters is 3. The second-order valence-corrected chi connectivity index (χ2v) is 41.3. The van der Waals surface area contributed by atoms with Crippen LogP contribution in [0.3, 0.4) is 0 Å². The Morgan fingerprint density at radius 2 is 0.833 bits per heavy atom. The molecule has 33 heteroatoms. The minimum absolute atomic E-state index is 0.0582. The van der Waals surface area contributed by atoms with Gasteiger partial charge < -0.3 is 50.1 Å². The molecule has 0 aliphatic carbocycles. The van der Waals surface area contributed by atoms with Gasteiger partial charge in [-0.3, -0.25) is 63.1 Å². The molecule has 7 N–H and O–H groups in total. The molecule has 8 atom stereocenters. The molecule has 0 saturated carbocycles. The number of halogens is 6. The number of fused-ring (bicyclic) bond motifs is 2. The molecule has 6 amide bonds. The summed E-state index contributed by atoms with van der Waals surface area (Å²) in [6.07, 6.45) is 8.15. The molecule has 27 nitrogen and oxygen atoms in total. The van der Waals surface area contributed by atoms with E-state index in [4.69, 9.17) is 98.3 Å². The number of ketones is 1. The van der Waals surface area contributed by atoms with E-state index >= 15 is 0 Å². The van der Waals surface area contributed by atoms with Crippen molar-refractivity contribution in [2.75, 3.05) is 26.3 Å². The van der Waals surface area contributed by atoms with Crippen LogP contribution in [0.4, 0.5) is 9.59 Å². The van der Waals surface area contributed by atoms with E-state index in [2.05, 4.69) is 37.1 Å². The second-order valence-electron chi connectivity index (χ2n) is 36.2. The first-order valence-corrected chi connectivity index (χ1v) is 44.2. The zero-order valence-electron chi connectivity index (χ0n) is 75.2. The van der Waals surface area contributed by atoms with Gasteiger partial charge in [0.15, 0.2) is 0 Å². The molecular formula is C93H122Cl6N10O17. The summed E-state index contributed by atoms with van der Waals surface area (Å²) in [5.41, 5.74) is 8.26. The van der Waals surface area contributed by atoms with Crippen molar-refractivity contribution in [3.8, 4) is 0 Å². The number of hydrogen-bond donors (Lipinski definition) is 7. The van der Waals surface area contributed by atoms with Gasteiger partial charge in [-0.25, -0.2) is 20.4 Å². The number of carboxylic acids is 1. The molecule has 2 saturated heterocycles. The first kappa shape index (κ1) is 106. The Morgan fingerprint density at radius 1 is 0.476 bits per heavy atom. The van der Waals surface area contributed by atoms with Gasteiger partial charge in [0.2, 0.25) is 19.4 Å². The summed E-state index contributed by atoms with van der Waals surface area (Å²) in [5.74, 6) is -6.42. The maximum absolute atomic E-state index is 14.1. The van der Waals surface area contributed by atoms with Crippen molar-refractivity contribution in [1.82, 2.24) is 52.1 Å². The molecule has 6 aromatic rings. The number of hydrogen-bond acceptors (Lipinski definition) is 20. The molecule has 4 heterocycles. The van der Waals surface area contributed by atoms with Crippen molar-refractivity contribution in [3.05, 3.63) is 167 Å². The predicted molar refractivity (Wildman–Crippen MR) is 491 cm³/mol. The summed E-state index contributed by atoms with van der Waals surface area (Å²) < 4.78 is 22.8. The van der Waals surface area contributed by atoms with Gasteiger partial charge in [0.25, 0.3) is 11.8 Å². The van der Waals surface area contributed by atoms with Gasteiger partial charge in [-0.1, -0.05) is 219 Å². The average molecular weight is 1860 g/mol. The van der Waals surface area contributed by atoms with Crippen molar-refractivity contribution in [3.63, 3.8) is 0 Å². The summed E-state index contributed by atoms with van der Waals surface area (Å²) in [4.78, 5) is 152. The fourth-order valence-corrected chi connectivity index (χ4v) is 13.3. The summed E-state index contributed by atoms with van der Waals surface area (Å²) in [6.45, 7) is 33.8. The molecule has 2 aliphatic rings. The van der Waals surface area contributed by atoms with Crippen LogP contribution in [0.2, 0.25) is 0 Å². The van der Waals surface area contributed by atoms with Crippen LogP contribution in [-0.4, -0.2) is 165 Å². The van der Waals surface area contributed by atoms with Crippen LogP contribution in [0.1, 0.15) is 216 Å². The number of pyridine rings is 2. The van der Waals surface area contributed by atoms with Crippen LogP contribution in [0, 0.1) is 34.5 Å². The molecule has 2 aromatic heterocycles. The third-order valence-corrected chi connectivity index (χ3v) is 20.7. The number of ether oxygens (including phenoxy) is 5. The van der Waals surface area contributed by atoms with Crippen LogP contribution in [-0.2, 0) is 79.7 Å². The summed E-state index contributed by atoms with van der Waals surface area (Å²) >= 11 is 34.3. The first-order chi connectivity index (χ1) is 58.4. The lowest BCUT2D eigenvalue weighted by atomic mass is 9.79. The monoisotopic (exact) mass is 1860 g/mol. The Bertz CT molecular complexity index is 4810. The van der Waals surface area contributed by atoms with Gasteiger partial charge >= 0.3 is 36.1 Å². The van der Waals surface area contributed by atoms with E-state index in [1.165, 1.54) is 10.0 Å². The molecule has 0 unspecified atom stereocenters. The summed E-state index contributed by atoms with van der Waals surface area (Å²) in [7, 11) is 0. The van der Waals surface area contributed by atoms with Crippen LogP contribution in [0.25, 0.3) is 34.0 Å². The Balaban J connectivity index is 0.000000315. The number of benzene rings is 4. The molecule has 2 aliphatic heterocycles. The number of nitrogens with one attached hydrogen (secondary N) is 6. The molecule has 126 heavy (non-hydrogen) atoms. The van der Waals surface area contributed by atoms with Gasteiger partial charge in [0, 0.05) is 54.5 Å². The zero-order valence-corrected chi connectivity index (χ0v) is 79.7. The van der Waals surface area contributed by atoms with Crippen molar-refractivity contribution in [1.29, 1.82) is 0 Å². The SMILES string of the molecule is CC(C)[C@H](CC(=O)C(C)(C)/C=C/c1ccc2ccc([C@@H](C)NC(=O)OC(C)(C)C)nc2c1)C(=O)N[C@@H](Cc1ccccc1)C(=O)N1CCC[C@@H](C(=O)OCC(Cl)(Cl)Cl)N1.CC(C)[C@H](CC(=O)OC(C)(C)C)C(=O)N[C@@H](Cc1ccccc1)C(=O)N1CCC[C@@H](C(=O)OCC(Cl)(Cl)Cl)N1.C[C@@H](NC(=O)OC(C)(C)C)c1ccc2ccc(/C=C/C(C)(C)C(=O)O)cc2n1. The first-order valence-electron chi connectivity index (χ1n) is 41.9. The van der Waals surface area contributed by atoms with Crippen LogP contribution in [0.5, 0.6) is 0 Å². The topological polar surface area (TPSA) is 359 Å². The number of aliphatic carboxylic acids is 1. The predicted octanol–water partition coefficient (Wildman–Crippen LogP) is 17.3. The van der Waals surface area contributed by atoms with E-state index < -0.39 is 150 Å². The minimum Gasteiger partial charge on any atom is -0.481 e. The van der Waals surface area contributed by atoms with E-state index in [1.807, 2.05) is 196 Å². The number of amides is 6. The van der Waals surface area contributed by atoms with E-state index in [9.17, 15) is 57.8 Å². The second kappa shape index (κ2) is 46.7. The fraction of sp³-hybridized carbons (Fsp3) is 0.516. The maximum atomic E-state index is 14.1. The normalized spacial score (nSPS) is 16.3. The smallest absolute Gasteiger partial charge is 0.408 e. The quantitative estimate of drug-likeness (QED) is 0.0125. The lowest BCUT2D eigenvalue weighted by molar-refractivity contribution is -0.158. The molecular weight excluding hydrogens is 1740 g/mol. The molecule has 2 fully saturated rings. The van der Waals surface area contributed by atoms with Gasteiger partial charge in [-0.05, 0) is 188 Å². The number of carbonyl (C=O) groups excluding carboxylic acids is 10. The Kier molecular flexibility index (Phi) is 39.1. The zero-order chi connectivity index (χ0) is 94.2. The number of carbonyl (C=O) groups is 11. The van der Waals surface area contributed by atoms with E-state index in [0.717, 1.165) is 44.1 Å². The third kappa shape index (κ3) is 36.5. The average Bonchev–Trinajstić information content (AvgIpc) is 0.842. The van der Waals surface area contributed by atoms with E-state index in [1.54, 1.807) is 81.4 Å². The number of Topliss-reactive ketones (excluding diaryl/α,β-unsaturated/α-hetero) is 1. The van der Waals surface area contributed by atoms with Crippen molar-refractivity contribution < 1.29 is 81.5 Å². The van der Waals surface area contributed by atoms with Gasteiger partial charge in [0.1, 0.15) is 60.0 Å². The molecule has 8 rings (SSSR count). The lowest BCUT2D eigenvalue weighted by Gasteiger charge is -2.35. The molecule has 0 radical (unpaired) electrons. The number of rotatable bonds is 30. The summed E-state index contributed by atoms with van der Waals surface area (Å²) in [5, 5.41) is 25.2. The Morgan fingerprint density at radius 3 is 1.18 bits per heavy atom. The Hall–Kier alpha value is -9.19. The highest BCUT2D eigenvalue weighted by molar-refractivity contribution is 6.68. The molecule has 688 valence electrons. The van der Waals surface area contributed by atoms with Gasteiger partial charge in [-0.15, -0.1) is 0 Å². The molecule has 0 spiro atoms. The van der Waals surface area contributed by atoms with Crippen LogP contribution >= 0.6 is 69.6 Å². The molecule has 4 aromatic carbocycles. The number of carboxylic acid groups (broad SMARTS) is 1. The molecule has 0 bridgehead atoms. The van der Waals surface area contributed by atoms with Crippen LogP contribution < -0.4 is 32.1 Å². The minimum atomic E-state index is -1.78. The fourth-order valence-electron chi connectivity index (χ4n) is 12.9. The van der Waals surface area contributed by atoms with Crippen molar-refractivity contribution in [2.24, 2.45) is 34.5 Å². The summed E-state index contributed by atoms with van der Waals surface area (Å²) in [6, 6.07) is 33.3. The number of nitrogens with zero attached hydrogens (tertiary/aromatic N) is 4. The van der Waals surface area contributed by atoms with E-state index in [0.29, 0.717) is 50.2 Å². The van der Waals surface area contributed by atoms with E-state index in [-0.39, 0.29) is 49.3 Å². The largest absolute Gasteiger partial charge is 0.481 e. The number of alkyl carbamates (subject to hydrolysis) is 2. The van der Waals surface area contributed by atoms with Crippen molar-refractivity contribution in [2.45, 2.75) is 244 Å². The standard InChI is InChI=1S/C44H56Cl3N5O7.C27H38Cl3N3O6.C22H28N2O4/c1-27(2)32(38(54)50-36(24-29-13-10-9-11-14-29)39(55)52-22-12-15-34(51-52)40(56)58-26-44(45,46)47)25-37(53)43(7,8)21-20-30-16-17-31-18-19-33(49-35(31)23-30)28(3)48-41(57)59-42(4,5)6;1-17(2)19(15-22(34)39-26(3,4)5)23(35)31-21(14-18-10-7-6-8-11-18)24(36)33-13-9-12-20(32-33)25(37)38-16-27(28,29)30;1-14(23-20(27)28-21(2,3)4)17-10-9-16-8-7-15(13-18(16)24-17)11-12-22(5,6)19(25)26/h9-11,13-14,16-21,23,27-28,32,34,36,51H,12,15,22,24-26H2,1-8H3,(H,48,57)(H,50,54);6-8,10-11,17,19-21,32H,9,12-16H2,1-5H3,(H,31,35);7-14H,1-6H3,(H,23,27)(H,25,26)/b21-20+;;12-11+/t28-,32+,34+,36+;19-,20-,21-;14-/m101/s1. The van der Waals surface area contributed by atoms with Crippen molar-refractivity contribution >= 4 is 169 Å². The number of alkyl halides is 6. The number of allylic oxidation sites excluding steroid dienone is 1. The Labute approximate surface area is 769 Å². The highest BCUT2D eigenvalue weighted by atomic mass is 35.6. The van der Waals surface area contributed by atoms with Gasteiger partial charge in [0.05, 0.1) is 52.3 Å². The van der Waals surface area contributed by atoms with Gasteiger partial charge in [-0.2, -0.15) is 0 Å². The van der Waals surface area contributed by atoms with Crippen LogP contribution in [0.15, 0.2) is 133 Å². The highest BCUT2D eigenvalue weighted by Crippen LogP contribution is 2.32.